The molecule has 3 atom stereocenters. The van der Waals surface area contributed by atoms with Crippen LogP contribution in [-0.4, -0.2) is 47.6 Å². The van der Waals surface area contributed by atoms with E-state index < -0.39 is 0 Å². The molecule has 0 radical (unpaired) electrons. The lowest BCUT2D eigenvalue weighted by Gasteiger charge is -2.48. The molecule has 106 valence electrons. The van der Waals surface area contributed by atoms with E-state index in [9.17, 15) is 0 Å². The Kier molecular flexibility index (Phi) is 4.71. The molecule has 2 fully saturated rings. The Morgan fingerprint density at radius 3 is 2.39 bits per heavy atom. The molecule has 2 nitrogen and oxygen atoms in total. The summed E-state index contributed by atoms with van der Waals surface area (Å²) in [5.74, 6) is 1.59. The first-order valence-corrected chi connectivity index (χ1v) is 7.98. The normalized spacial score (nSPS) is 32.2. The minimum Gasteiger partial charge on any atom is -0.298 e. The van der Waals surface area contributed by atoms with E-state index in [0.29, 0.717) is 0 Å². The van der Waals surface area contributed by atoms with Crippen LogP contribution in [0.25, 0.3) is 0 Å². The summed E-state index contributed by atoms with van der Waals surface area (Å²) in [6.07, 6.45) is 4.19. The molecule has 0 bridgehead atoms. The van der Waals surface area contributed by atoms with Crippen molar-refractivity contribution in [3.8, 4) is 0 Å². The fraction of sp³-hybridized carbons (Fsp3) is 1.00. The van der Waals surface area contributed by atoms with Crippen LogP contribution in [-0.2, 0) is 0 Å². The Balaban J connectivity index is 2.04. The molecule has 2 rings (SSSR count). The lowest BCUT2D eigenvalue weighted by molar-refractivity contribution is -0.000284. The monoisotopic (exact) mass is 252 g/mol. The predicted molar refractivity (Wildman–Crippen MR) is 78.8 cm³/mol. The fourth-order valence-electron chi connectivity index (χ4n) is 3.98. The van der Waals surface area contributed by atoms with Crippen molar-refractivity contribution in [3.63, 3.8) is 0 Å². The highest BCUT2D eigenvalue weighted by Crippen LogP contribution is 2.30. The van der Waals surface area contributed by atoms with Gasteiger partial charge in [0.05, 0.1) is 0 Å². The number of piperazine rings is 1. The van der Waals surface area contributed by atoms with Gasteiger partial charge in [-0.05, 0) is 44.6 Å². The molecule has 18 heavy (non-hydrogen) atoms. The summed E-state index contributed by atoms with van der Waals surface area (Å²) in [5, 5.41) is 0. The van der Waals surface area contributed by atoms with Crippen LogP contribution in [0.1, 0.15) is 53.9 Å². The maximum Gasteiger partial charge on any atom is 0.0249 e. The van der Waals surface area contributed by atoms with Crippen LogP contribution in [0.3, 0.4) is 0 Å². The summed E-state index contributed by atoms with van der Waals surface area (Å²) in [6.45, 7) is 15.9. The van der Waals surface area contributed by atoms with E-state index >= 15 is 0 Å². The van der Waals surface area contributed by atoms with E-state index in [1.807, 2.05) is 0 Å². The van der Waals surface area contributed by atoms with Gasteiger partial charge in [0.2, 0.25) is 0 Å². The van der Waals surface area contributed by atoms with Gasteiger partial charge in [-0.25, -0.2) is 0 Å². The minimum absolute atomic E-state index is 0.750. The van der Waals surface area contributed by atoms with Gasteiger partial charge < -0.3 is 0 Å². The molecule has 2 aliphatic heterocycles. The zero-order valence-electron chi connectivity index (χ0n) is 13.0. The van der Waals surface area contributed by atoms with Crippen molar-refractivity contribution in [2.45, 2.75) is 72.0 Å². The molecule has 3 unspecified atom stereocenters. The molecule has 0 spiro atoms. The highest BCUT2D eigenvalue weighted by Gasteiger charge is 2.39. The molecule has 2 aliphatic rings. The Morgan fingerprint density at radius 1 is 1.06 bits per heavy atom. The topological polar surface area (TPSA) is 6.48 Å². The highest BCUT2D eigenvalue weighted by atomic mass is 15.3. The third-order valence-corrected chi connectivity index (χ3v) is 4.92. The molecular weight excluding hydrogens is 220 g/mol. The summed E-state index contributed by atoms with van der Waals surface area (Å²) in [7, 11) is 0. The Hall–Kier alpha value is -0.0800. The van der Waals surface area contributed by atoms with Crippen molar-refractivity contribution in [2.75, 3.05) is 19.6 Å². The molecular formula is C16H32N2. The van der Waals surface area contributed by atoms with E-state index in [1.165, 1.54) is 38.9 Å². The van der Waals surface area contributed by atoms with Crippen LogP contribution in [0.15, 0.2) is 0 Å². The summed E-state index contributed by atoms with van der Waals surface area (Å²) < 4.78 is 0. The average molecular weight is 252 g/mol. The Labute approximate surface area is 114 Å². The maximum atomic E-state index is 2.83. The SMILES string of the molecule is CC(C)CC(C)N1CC2CCCN2CC1C(C)C. The van der Waals surface area contributed by atoms with Crippen molar-refractivity contribution >= 4 is 0 Å². The van der Waals surface area contributed by atoms with E-state index in [0.717, 1.165) is 30.0 Å². The first-order chi connectivity index (χ1) is 8.49. The summed E-state index contributed by atoms with van der Waals surface area (Å²) in [4.78, 5) is 5.58. The molecule has 0 aliphatic carbocycles. The van der Waals surface area contributed by atoms with E-state index in [2.05, 4.69) is 44.4 Å². The highest BCUT2D eigenvalue weighted by molar-refractivity contribution is 4.95. The number of hydrogen-bond donors (Lipinski definition) is 0. The molecule has 0 aromatic rings. The number of rotatable bonds is 4. The average Bonchev–Trinajstić information content (AvgIpc) is 2.72. The van der Waals surface area contributed by atoms with Gasteiger partial charge in [-0.2, -0.15) is 0 Å². The largest absolute Gasteiger partial charge is 0.298 e. The predicted octanol–water partition coefficient (Wildman–Crippen LogP) is 3.23. The second-order valence-electron chi connectivity index (χ2n) is 7.28. The molecule has 2 heterocycles. The molecule has 0 aromatic heterocycles. The lowest BCUT2D eigenvalue weighted by Crippen LogP contribution is -2.60. The van der Waals surface area contributed by atoms with Gasteiger partial charge in [0.25, 0.3) is 0 Å². The number of hydrogen-bond acceptors (Lipinski definition) is 2. The van der Waals surface area contributed by atoms with Gasteiger partial charge in [-0.1, -0.05) is 27.7 Å². The third kappa shape index (κ3) is 3.08. The number of nitrogens with zero attached hydrogens (tertiary/aromatic N) is 2. The molecule has 2 saturated heterocycles. The summed E-state index contributed by atoms with van der Waals surface area (Å²) in [5.41, 5.74) is 0. The second kappa shape index (κ2) is 5.92. The standard InChI is InChI=1S/C16H32N2/c1-12(2)9-14(5)18-10-15-7-6-8-17(15)11-16(18)13(3)4/h12-16H,6-11H2,1-5H3. The second-order valence-corrected chi connectivity index (χ2v) is 7.28. The molecule has 0 saturated carbocycles. The van der Waals surface area contributed by atoms with Crippen molar-refractivity contribution in [1.29, 1.82) is 0 Å². The molecule has 2 heteroatoms. The molecule has 0 amide bonds. The van der Waals surface area contributed by atoms with Gasteiger partial charge in [0.1, 0.15) is 0 Å². The minimum atomic E-state index is 0.750. The zero-order valence-corrected chi connectivity index (χ0v) is 13.0. The van der Waals surface area contributed by atoms with Crippen LogP contribution in [0, 0.1) is 11.8 Å². The maximum absolute atomic E-state index is 2.83. The summed E-state index contributed by atoms with van der Waals surface area (Å²) in [6, 6.07) is 2.38. The fourth-order valence-corrected chi connectivity index (χ4v) is 3.98. The van der Waals surface area contributed by atoms with Crippen molar-refractivity contribution < 1.29 is 0 Å². The van der Waals surface area contributed by atoms with Gasteiger partial charge in [-0.15, -0.1) is 0 Å². The van der Waals surface area contributed by atoms with Crippen molar-refractivity contribution in [1.82, 2.24) is 9.80 Å². The van der Waals surface area contributed by atoms with Crippen LogP contribution >= 0.6 is 0 Å². The van der Waals surface area contributed by atoms with E-state index in [-0.39, 0.29) is 0 Å². The van der Waals surface area contributed by atoms with Crippen LogP contribution in [0.5, 0.6) is 0 Å². The Bertz CT molecular complexity index is 262. The summed E-state index contributed by atoms with van der Waals surface area (Å²) >= 11 is 0. The van der Waals surface area contributed by atoms with Gasteiger partial charge in [0.15, 0.2) is 0 Å². The first kappa shape index (κ1) is 14.3. The van der Waals surface area contributed by atoms with Gasteiger partial charge in [0, 0.05) is 31.2 Å². The van der Waals surface area contributed by atoms with Gasteiger partial charge >= 0.3 is 0 Å². The van der Waals surface area contributed by atoms with E-state index in [1.54, 1.807) is 0 Å². The first-order valence-electron chi connectivity index (χ1n) is 7.98. The lowest BCUT2D eigenvalue weighted by atomic mass is 9.93. The number of fused-ring (bicyclic) bond motifs is 1. The van der Waals surface area contributed by atoms with E-state index in [4.69, 9.17) is 0 Å². The van der Waals surface area contributed by atoms with Crippen LogP contribution in [0.2, 0.25) is 0 Å². The third-order valence-electron chi connectivity index (χ3n) is 4.92. The zero-order chi connectivity index (χ0) is 13.3. The molecule has 0 aromatic carbocycles. The molecule has 0 N–H and O–H groups in total. The van der Waals surface area contributed by atoms with Crippen molar-refractivity contribution in [2.24, 2.45) is 11.8 Å². The quantitative estimate of drug-likeness (QED) is 0.758. The van der Waals surface area contributed by atoms with Crippen LogP contribution < -0.4 is 0 Å². The van der Waals surface area contributed by atoms with Crippen LogP contribution in [0.4, 0.5) is 0 Å². The van der Waals surface area contributed by atoms with Crippen molar-refractivity contribution in [3.05, 3.63) is 0 Å². The smallest absolute Gasteiger partial charge is 0.0249 e. The van der Waals surface area contributed by atoms with Gasteiger partial charge in [-0.3, -0.25) is 9.80 Å². The Morgan fingerprint density at radius 2 is 1.78 bits per heavy atom.